The van der Waals surface area contributed by atoms with E-state index in [0.717, 1.165) is 26.1 Å². The molecule has 1 aliphatic rings. The summed E-state index contributed by atoms with van der Waals surface area (Å²) in [6.07, 6.45) is 6.84. The molecule has 1 aromatic heterocycles. The zero-order valence-corrected chi connectivity index (χ0v) is 13.6. The summed E-state index contributed by atoms with van der Waals surface area (Å²) >= 11 is 1.86. The van der Waals surface area contributed by atoms with E-state index < -0.39 is 0 Å². The molecule has 7 nitrogen and oxygen atoms in total. The predicted molar refractivity (Wildman–Crippen MR) is 89.8 cm³/mol. The van der Waals surface area contributed by atoms with Crippen molar-refractivity contribution in [1.29, 1.82) is 0 Å². The Labute approximate surface area is 130 Å². The van der Waals surface area contributed by atoms with E-state index in [1.807, 2.05) is 11.8 Å². The van der Waals surface area contributed by atoms with Gasteiger partial charge in [0.05, 0.1) is 0 Å². The van der Waals surface area contributed by atoms with Crippen molar-refractivity contribution in [2.75, 3.05) is 41.5 Å². The summed E-state index contributed by atoms with van der Waals surface area (Å²) in [7, 11) is 0. The van der Waals surface area contributed by atoms with Gasteiger partial charge in [0.25, 0.3) is 0 Å². The molecule has 2 heterocycles. The summed E-state index contributed by atoms with van der Waals surface area (Å²) in [4.78, 5) is 15.3. The molecule has 0 saturated carbocycles. The fourth-order valence-corrected chi connectivity index (χ4v) is 2.60. The molecule has 0 spiro atoms. The average molecular weight is 311 g/mol. The summed E-state index contributed by atoms with van der Waals surface area (Å²) in [6, 6.07) is 0. The molecule has 0 aliphatic carbocycles. The van der Waals surface area contributed by atoms with E-state index in [4.69, 9.17) is 5.84 Å². The number of nitrogens with one attached hydrogen (secondary N) is 2. The molecule has 1 aliphatic heterocycles. The van der Waals surface area contributed by atoms with Gasteiger partial charge in [-0.15, -0.1) is 0 Å². The molecule has 1 atom stereocenters. The first-order chi connectivity index (χ1) is 10.2. The number of nitrogens with two attached hydrogens (primary N) is 1. The van der Waals surface area contributed by atoms with Gasteiger partial charge in [-0.05, 0) is 31.9 Å². The van der Waals surface area contributed by atoms with E-state index in [1.165, 1.54) is 19.3 Å². The molecule has 4 N–H and O–H groups in total. The Balaban J connectivity index is 2.02. The second-order valence-electron chi connectivity index (χ2n) is 5.24. The Bertz CT molecular complexity index is 437. The highest BCUT2D eigenvalue weighted by atomic mass is 32.2. The van der Waals surface area contributed by atoms with Crippen molar-refractivity contribution in [1.82, 2.24) is 15.0 Å². The van der Waals surface area contributed by atoms with Gasteiger partial charge >= 0.3 is 0 Å². The van der Waals surface area contributed by atoms with Gasteiger partial charge in [0, 0.05) is 24.9 Å². The van der Waals surface area contributed by atoms with Crippen LogP contribution in [0.15, 0.2) is 0 Å². The van der Waals surface area contributed by atoms with Gasteiger partial charge in [0.15, 0.2) is 0 Å². The number of thioether (sulfide) groups is 1. The summed E-state index contributed by atoms with van der Waals surface area (Å²) in [5.41, 5.74) is 2.52. The normalized spacial score (nSPS) is 16.6. The number of nitrogens with zero attached hydrogens (tertiary/aromatic N) is 4. The molecule has 0 aromatic carbocycles. The first-order valence-electron chi connectivity index (χ1n) is 7.47. The van der Waals surface area contributed by atoms with Crippen LogP contribution in [0.5, 0.6) is 0 Å². The highest BCUT2D eigenvalue weighted by Crippen LogP contribution is 2.18. The third-order valence-corrected chi connectivity index (χ3v) is 4.67. The van der Waals surface area contributed by atoms with Crippen LogP contribution in [-0.2, 0) is 0 Å². The largest absolute Gasteiger partial charge is 0.354 e. The van der Waals surface area contributed by atoms with Crippen LogP contribution >= 0.6 is 11.8 Å². The maximum atomic E-state index is 5.46. The van der Waals surface area contributed by atoms with Crippen molar-refractivity contribution in [3.8, 4) is 0 Å². The number of nitrogen functional groups attached to an aromatic ring is 1. The number of rotatable bonds is 7. The lowest BCUT2D eigenvalue weighted by Gasteiger charge is -2.26. The van der Waals surface area contributed by atoms with Crippen molar-refractivity contribution in [2.45, 2.75) is 37.9 Å². The van der Waals surface area contributed by atoms with Crippen LogP contribution in [0.3, 0.4) is 0 Å². The predicted octanol–water partition coefficient (Wildman–Crippen LogP) is 1.70. The van der Waals surface area contributed by atoms with E-state index in [0.29, 0.717) is 23.1 Å². The van der Waals surface area contributed by atoms with Gasteiger partial charge in [-0.1, -0.05) is 6.92 Å². The van der Waals surface area contributed by atoms with Crippen LogP contribution in [0, 0.1) is 0 Å². The van der Waals surface area contributed by atoms with Crippen molar-refractivity contribution in [3.63, 3.8) is 0 Å². The quantitative estimate of drug-likeness (QED) is 0.518. The Kier molecular flexibility index (Phi) is 6.31. The SMILES string of the molecule is CSC(C)CCNc1nc(NN)nc(N2CCCCC2)n1. The number of hydrazine groups is 1. The molecule has 21 heavy (non-hydrogen) atoms. The molecule has 0 radical (unpaired) electrons. The lowest BCUT2D eigenvalue weighted by molar-refractivity contribution is 0.567. The van der Waals surface area contributed by atoms with Crippen molar-refractivity contribution < 1.29 is 0 Å². The Morgan fingerprint density at radius 3 is 2.57 bits per heavy atom. The molecular weight excluding hydrogens is 286 g/mol. The summed E-state index contributed by atoms with van der Waals surface area (Å²) in [5, 5.41) is 3.88. The first-order valence-corrected chi connectivity index (χ1v) is 8.76. The second kappa shape index (κ2) is 8.23. The molecule has 0 amide bonds. The third-order valence-electron chi connectivity index (χ3n) is 3.63. The highest BCUT2D eigenvalue weighted by Gasteiger charge is 2.16. The highest BCUT2D eigenvalue weighted by molar-refractivity contribution is 7.99. The van der Waals surface area contributed by atoms with Gasteiger partial charge in [0.2, 0.25) is 17.8 Å². The standard InChI is InChI=1S/C13H25N7S/c1-10(21-2)6-7-15-11-16-12(19-14)18-13(17-11)20-8-4-3-5-9-20/h10H,3-9,14H2,1-2H3,(H2,15,16,17,18,19). The maximum absolute atomic E-state index is 5.46. The minimum atomic E-state index is 0.408. The number of hydrogen-bond donors (Lipinski definition) is 3. The molecule has 118 valence electrons. The molecule has 2 rings (SSSR count). The van der Waals surface area contributed by atoms with Crippen molar-refractivity contribution >= 4 is 29.6 Å². The van der Waals surface area contributed by atoms with E-state index in [1.54, 1.807) is 0 Å². The lowest BCUT2D eigenvalue weighted by atomic mass is 10.1. The minimum Gasteiger partial charge on any atom is -0.354 e. The Hall–Kier alpha value is -1.28. The smallest absolute Gasteiger partial charge is 0.243 e. The van der Waals surface area contributed by atoms with Gasteiger partial charge in [-0.25, -0.2) is 5.84 Å². The van der Waals surface area contributed by atoms with Crippen LogP contribution in [0.25, 0.3) is 0 Å². The molecule has 1 saturated heterocycles. The van der Waals surface area contributed by atoms with Crippen molar-refractivity contribution in [3.05, 3.63) is 0 Å². The van der Waals surface area contributed by atoms with Crippen LogP contribution in [0.2, 0.25) is 0 Å². The van der Waals surface area contributed by atoms with Crippen LogP contribution in [0.1, 0.15) is 32.6 Å². The number of anilines is 3. The van der Waals surface area contributed by atoms with Crippen LogP contribution < -0.4 is 21.5 Å². The number of piperidine rings is 1. The monoisotopic (exact) mass is 311 g/mol. The minimum absolute atomic E-state index is 0.408. The topological polar surface area (TPSA) is 92.0 Å². The van der Waals surface area contributed by atoms with E-state index in [-0.39, 0.29) is 0 Å². The summed E-state index contributed by atoms with van der Waals surface area (Å²) < 4.78 is 0. The lowest BCUT2D eigenvalue weighted by Crippen LogP contribution is -2.32. The van der Waals surface area contributed by atoms with Gasteiger partial charge < -0.3 is 10.2 Å². The second-order valence-corrected chi connectivity index (χ2v) is 6.51. The van der Waals surface area contributed by atoms with Crippen molar-refractivity contribution in [2.24, 2.45) is 5.84 Å². The summed E-state index contributed by atoms with van der Waals surface area (Å²) in [5.74, 6) is 7.17. The van der Waals surface area contributed by atoms with E-state index in [2.05, 4.69) is 43.8 Å². The van der Waals surface area contributed by atoms with Gasteiger partial charge in [0.1, 0.15) is 0 Å². The Morgan fingerprint density at radius 2 is 1.90 bits per heavy atom. The summed E-state index contributed by atoms with van der Waals surface area (Å²) in [6.45, 7) is 5.05. The third kappa shape index (κ3) is 4.89. The van der Waals surface area contributed by atoms with Gasteiger partial charge in [-0.3, -0.25) is 5.43 Å². The van der Waals surface area contributed by atoms with Gasteiger partial charge in [-0.2, -0.15) is 26.7 Å². The molecule has 1 fully saturated rings. The van der Waals surface area contributed by atoms with E-state index in [9.17, 15) is 0 Å². The average Bonchev–Trinajstić information content (AvgIpc) is 2.55. The van der Waals surface area contributed by atoms with E-state index >= 15 is 0 Å². The van der Waals surface area contributed by atoms with Crippen LogP contribution in [0.4, 0.5) is 17.8 Å². The number of aromatic nitrogens is 3. The molecule has 8 heteroatoms. The molecular formula is C13H25N7S. The zero-order valence-electron chi connectivity index (χ0n) is 12.8. The molecule has 1 unspecified atom stereocenters. The first kappa shape index (κ1) is 16.1. The Morgan fingerprint density at radius 1 is 1.19 bits per heavy atom. The molecule has 1 aromatic rings. The zero-order chi connectivity index (χ0) is 15.1. The molecule has 0 bridgehead atoms. The maximum Gasteiger partial charge on any atom is 0.243 e. The van der Waals surface area contributed by atoms with Crippen LogP contribution in [-0.4, -0.2) is 46.1 Å². The fraction of sp³-hybridized carbons (Fsp3) is 0.769. The fourth-order valence-electron chi connectivity index (χ4n) is 2.25. The number of hydrogen-bond acceptors (Lipinski definition) is 8.